The Hall–Kier alpha value is -0.120. The van der Waals surface area contributed by atoms with Gasteiger partial charge >= 0.3 is 0 Å². The van der Waals surface area contributed by atoms with Gasteiger partial charge in [0.15, 0.2) is 0 Å². The lowest BCUT2D eigenvalue weighted by molar-refractivity contribution is -0.116. The average Bonchev–Trinajstić information content (AvgIpc) is 2.42. The first-order valence-electron chi connectivity index (χ1n) is 7.47. The van der Waals surface area contributed by atoms with Gasteiger partial charge in [-0.1, -0.05) is 0 Å². The lowest BCUT2D eigenvalue weighted by Crippen LogP contribution is -2.52. The fourth-order valence-corrected chi connectivity index (χ4v) is 3.77. The van der Waals surface area contributed by atoms with Gasteiger partial charge in [0.2, 0.25) is 0 Å². The highest BCUT2D eigenvalue weighted by molar-refractivity contribution is 4.92. The smallest absolute Gasteiger partial charge is 0.0706 e. The van der Waals surface area contributed by atoms with Crippen molar-refractivity contribution in [3.8, 4) is 0 Å². The Morgan fingerprint density at radius 2 is 1.76 bits per heavy atom. The fraction of sp³-hybridized carbons (Fsp3) is 1.00. The fourth-order valence-electron chi connectivity index (χ4n) is 3.77. The van der Waals surface area contributed by atoms with Crippen molar-refractivity contribution in [1.82, 2.24) is 10.2 Å². The molecule has 0 aromatic heterocycles. The molecule has 3 aliphatic heterocycles. The average molecular weight is 238 g/mol. The Balaban J connectivity index is 1.52. The number of hydrogen-bond acceptors (Lipinski definition) is 3. The van der Waals surface area contributed by atoms with E-state index in [0.29, 0.717) is 0 Å². The SMILES string of the molecule is C1CCC2(CCN(C3CCNCC3)CC2)OC1. The zero-order chi connectivity index (χ0) is 11.6. The zero-order valence-electron chi connectivity index (χ0n) is 10.9. The molecular formula is C14H26N2O. The van der Waals surface area contributed by atoms with Crippen molar-refractivity contribution in [3.05, 3.63) is 0 Å². The van der Waals surface area contributed by atoms with Crippen molar-refractivity contribution in [2.45, 2.75) is 56.6 Å². The van der Waals surface area contributed by atoms with Crippen LogP contribution in [0.25, 0.3) is 0 Å². The van der Waals surface area contributed by atoms with Gasteiger partial charge in [0.25, 0.3) is 0 Å². The molecule has 0 aromatic rings. The second-order valence-corrected chi connectivity index (χ2v) is 6.01. The first-order chi connectivity index (χ1) is 8.38. The second-order valence-electron chi connectivity index (χ2n) is 6.01. The second kappa shape index (κ2) is 5.25. The minimum Gasteiger partial charge on any atom is -0.375 e. The molecular weight excluding hydrogens is 212 g/mol. The third kappa shape index (κ3) is 2.67. The molecule has 0 saturated carbocycles. The van der Waals surface area contributed by atoms with E-state index in [-0.39, 0.29) is 5.60 Å². The number of rotatable bonds is 1. The van der Waals surface area contributed by atoms with Gasteiger partial charge in [-0.25, -0.2) is 0 Å². The number of nitrogens with zero attached hydrogens (tertiary/aromatic N) is 1. The summed E-state index contributed by atoms with van der Waals surface area (Å²) in [4.78, 5) is 2.73. The van der Waals surface area contributed by atoms with Gasteiger partial charge < -0.3 is 15.0 Å². The minimum absolute atomic E-state index is 0.279. The first-order valence-corrected chi connectivity index (χ1v) is 7.47. The van der Waals surface area contributed by atoms with E-state index < -0.39 is 0 Å². The van der Waals surface area contributed by atoms with Crippen molar-refractivity contribution >= 4 is 0 Å². The Morgan fingerprint density at radius 3 is 2.41 bits per heavy atom. The van der Waals surface area contributed by atoms with Crippen molar-refractivity contribution in [1.29, 1.82) is 0 Å². The van der Waals surface area contributed by atoms with Crippen molar-refractivity contribution in [3.63, 3.8) is 0 Å². The minimum atomic E-state index is 0.279. The van der Waals surface area contributed by atoms with Crippen LogP contribution < -0.4 is 5.32 Å². The van der Waals surface area contributed by atoms with E-state index in [1.54, 1.807) is 0 Å². The van der Waals surface area contributed by atoms with E-state index >= 15 is 0 Å². The van der Waals surface area contributed by atoms with Gasteiger partial charge in [-0.3, -0.25) is 0 Å². The van der Waals surface area contributed by atoms with Crippen LogP contribution in [0.4, 0.5) is 0 Å². The summed E-state index contributed by atoms with van der Waals surface area (Å²) in [7, 11) is 0. The maximum Gasteiger partial charge on any atom is 0.0706 e. The normalized spacial score (nSPS) is 31.8. The van der Waals surface area contributed by atoms with Crippen molar-refractivity contribution in [2.75, 3.05) is 32.8 Å². The monoisotopic (exact) mass is 238 g/mol. The van der Waals surface area contributed by atoms with Crippen LogP contribution in [0.15, 0.2) is 0 Å². The summed E-state index contributed by atoms with van der Waals surface area (Å²) in [5.74, 6) is 0. The third-order valence-electron chi connectivity index (χ3n) is 4.97. The summed E-state index contributed by atoms with van der Waals surface area (Å²) in [5, 5.41) is 3.46. The van der Waals surface area contributed by atoms with E-state index in [9.17, 15) is 0 Å². The number of ether oxygens (including phenoxy) is 1. The summed E-state index contributed by atoms with van der Waals surface area (Å²) in [6.07, 6.45) is 9.20. The molecule has 0 unspecified atom stereocenters. The van der Waals surface area contributed by atoms with Crippen LogP contribution in [-0.2, 0) is 4.74 Å². The number of hydrogen-bond donors (Lipinski definition) is 1. The van der Waals surface area contributed by atoms with Gasteiger partial charge in [-0.05, 0) is 58.0 Å². The molecule has 3 aliphatic rings. The molecule has 17 heavy (non-hydrogen) atoms. The number of piperidine rings is 2. The van der Waals surface area contributed by atoms with Crippen molar-refractivity contribution in [2.24, 2.45) is 0 Å². The first kappa shape index (κ1) is 11.9. The molecule has 3 saturated heterocycles. The standard InChI is InChI=1S/C14H26N2O/c1-2-12-17-14(5-1)6-10-16(11-7-14)13-3-8-15-9-4-13/h13,15H,1-12H2. The molecule has 0 atom stereocenters. The van der Waals surface area contributed by atoms with E-state index in [1.807, 2.05) is 0 Å². The highest BCUT2D eigenvalue weighted by Gasteiger charge is 2.38. The van der Waals surface area contributed by atoms with Crippen LogP contribution in [0.1, 0.15) is 44.9 Å². The molecule has 3 rings (SSSR count). The Morgan fingerprint density at radius 1 is 1.00 bits per heavy atom. The lowest BCUT2D eigenvalue weighted by Gasteiger charge is -2.46. The maximum atomic E-state index is 6.10. The Labute approximate surface area is 105 Å². The molecule has 0 radical (unpaired) electrons. The molecule has 0 bridgehead atoms. The van der Waals surface area contributed by atoms with Gasteiger partial charge in [0.05, 0.1) is 5.60 Å². The molecule has 3 heterocycles. The summed E-state index contributed by atoms with van der Waals surface area (Å²) in [6.45, 7) is 5.97. The quantitative estimate of drug-likeness (QED) is 0.753. The zero-order valence-corrected chi connectivity index (χ0v) is 10.9. The van der Waals surface area contributed by atoms with Crippen LogP contribution in [0.3, 0.4) is 0 Å². The molecule has 0 aliphatic carbocycles. The van der Waals surface area contributed by atoms with Crippen LogP contribution in [0.5, 0.6) is 0 Å². The van der Waals surface area contributed by atoms with E-state index in [0.717, 1.165) is 12.6 Å². The molecule has 3 fully saturated rings. The Bertz CT molecular complexity index is 235. The van der Waals surface area contributed by atoms with E-state index in [4.69, 9.17) is 4.74 Å². The van der Waals surface area contributed by atoms with Crippen LogP contribution in [0.2, 0.25) is 0 Å². The van der Waals surface area contributed by atoms with Gasteiger partial charge in [-0.15, -0.1) is 0 Å². The molecule has 98 valence electrons. The molecule has 3 heteroatoms. The predicted octanol–water partition coefficient (Wildman–Crippen LogP) is 1.77. The number of nitrogens with one attached hydrogen (secondary N) is 1. The van der Waals surface area contributed by atoms with Gasteiger partial charge in [-0.2, -0.15) is 0 Å². The van der Waals surface area contributed by atoms with Gasteiger partial charge in [0, 0.05) is 25.7 Å². The predicted molar refractivity (Wildman–Crippen MR) is 69.2 cm³/mol. The third-order valence-corrected chi connectivity index (χ3v) is 4.97. The largest absolute Gasteiger partial charge is 0.375 e. The molecule has 1 N–H and O–H groups in total. The van der Waals surface area contributed by atoms with E-state index in [2.05, 4.69) is 10.2 Å². The Kier molecular flexibility index (Phi) is 3.69. The molecule has 0 aromatic carbocycles. The highest BCUT2D eigenvalue weighted by atomic mass is 16.5. The van der Waals surface area contributed by atoms with Crippen LogP contribution >= 0.6 is 0 Å². The summed E-state index contributed by atoms with van der Waals surface area (Å²) < 4.78 is 6.10. The molecule has 1 spiro atoms. The lowest BCUT2D eigenvalue weighted by atomic mass is 9.83. The molecule has 3 nitrogen and oxygen atoms in total. The van der Waals surface area contributed by atoms with Crippen LogP contribution in [-0.4, -0.2) is 49.3 Å². The van der Waals surface area contributed by atoms with Crippen molar-refractivity contribution < 1.29 is 4.74 Å². The topological polar surface area (TPSA) is 24.5 Å². The molecule has 0 amide bonds. The summed E-state index contributed by atoms with van der Waals surface area (Å²) in [5.41, 5.74) is 0.279. The maximum absolute atomic E-state index is 6.10. The van der Waals surface area contributed by atoms with Crippen LogP contribution in [0, 0.1) is 0 Å². The number of likely N-dealkylation sites (tertiary alicyclic amines) is 1. The summed E-state index contributed by atoms with van der Waals surface area (Å²) >= 11 is 0. The highest BCUT2D eigenvalue weighted by Crippen LogP contribution is 2.35. The van der Waals surface area contributed by atoms with Gasteiger partial charge in [0.1, 0.15) is 0 Å². The van der Waals surface area contributed by atoms with E-state index in [1.165, 1.54) is 71.1 Å². The summed E-state index contributed by atoms with van der Waals surface area (Å²) in [6, 6.07) is 0.845.